The van der Waals surface area contributed by atoms with E-state index in [-0.39, 0.29) is 37.0 Å². The summed E-state index contributed by atoms with van der Waals surface area (Å²) in [6.07, 6.45) is 1.54. The second-order valence-electron chi connectivity index (χ2n) is 6.95. The Kier molecular flexibility index (Phi) is 4.87. The highest BCUT2D eigenvalue weighted by Gasteiger charge is 2.16. The van der Waals surface area contributed by atoms with Crippen LogP contribution in [0.2, 0.25) is 0 Å². The molecule has 4 aromatic rings. The Labute approximate surface area is 179 Å². The van der Waals surface area contributed by atoms with Gasteiger partial charge in [-0.25, -0.2) is 9.37 Å². The van der Waals surface area contributed by atoms with Crippen LogP contribution in [-0.2, 0) is 11.3 Å². The van der Waals surface area contributed by atoms with E-state index < -0.39 is 0 Å². The topological polar surface area (TPSA) is 82.5 Å². The van der Waals surface area contributed by atoms with Crippen molar-refractivity contribution in [3.05, 3.63) is 70.3 Å². The van der Waals surface area contributed by atoms with Gasteiger partial charge in [-0.2, -0.15) is 0 Å². The Balaban J connectivity index is 1.34. The number of carbonyl (C=O) groups is 1. The number of hydrogen-bond acceptors (Lipinski definition) is 6. The normalized spacial score (nSPS) is 12.3. The average molecular weight is 437 g/mol. The molecule has 156 valence electrons. The van der Waals surface area contributed by atoms with E-state index in [1.807, 2.05) is 5.38 Å². The monoisotopic (exact) mass is 437 g/mol. The number of nitrogens with one attached hydrogen (secondary N) is 1. The van der Waals surface area contributed by atoms with Crippen LogP contribution in [0.5, 0.6) is 11.5 Å². The van der Waals surface area contributed by atoms with E-state index in [4.69, 9.17) is 9.47 Å². The summed E-state index contributed by atoms with van der Waals surface area (Å²) in [6, 6.07) is 11.1. The Morgan fingerprint density at radius 1 is 1.16 bits per heavy atom. The van der Waals surface area contributed by atoms with Crippen LogP contribution >= 0.6 is 11.3 Å². The van der Waals surface area contributed by atoms with Crippen LogP contribution in [0.3, 0.4) is 0 Å². The summed E-state index contributed by atoms with van der Waals surface area (Å²) in [5.74, 6) is 0.633. The molecule has 0 bridgehead atoms. The van der Waals surface area contributed by atoms with Crippen molar-refractivity contribution in [3.63, 3.8) is 0 Å². The maximum atomic E-state index is 13.3. The number of aryl methyl sites for hydroxylation is 1. The molecule has 0 fully saturated rings. The number of fused-ring (bicyclic) bond motifs is 2. The number of halogens is 1. The van der Waals surface area contributed by atoms with Crippen molar-refractivity contribution in [2.75, 3.05) is 12.1 Å². The smallest absolute Gasteiger partial charge is 0.262 e. The highest BCUT2D eigenvalue weighted by Crippen LogP contribution is 2.34. The van der Waals surface area contributed by atoms with Crippen molar-refractivity contribution < 1.29 is 18.7 Å². The molecule has 0 unspecified atom stereocenters. The molecule has 1 amide bonds. The van der Waals surface area contributed by atoms with Gasteiger partial charge in [-0.05, 0) is 29.8 Å². The molecule has 3 heterocycles. The first-order valence-corrected chi connectivity index (χ1v) is 10.4. The third-order valence-corrected chi connectivity index (χ3v) is 5.84. The lowest BCUT2D eigenvalue weighted by Crippen LogP contribution is -2.23. The Morgan fingerprint density at radius 2 is 1.97 bits per heavy atom. The lowest BCUT2D eigenvalue weighted by molar-refractivity contribution is -0.116. The average Bonchev–Trinajstić information content (AvgIpc) is 3.41. The van der Waals surface area contributed by atoms with Crippen LogP contribution in [0.15, 0.2) is 59.0 Å². The summed E-state index contributed by atoms with van der Waals surface area (Å²) in [5.41, 5.74) is 1.80. The van der Waals surface area contributed by atoms with E-state index in [2.05, 4.69) is 10.3 Å². The molecule has 0 saturated heterocycles. The highest BCUT2D eigenvalue weighted by molar-refractivity contribution is 7.17. The number of aromatic nitrogens is 2. The molecule has 0 radical (unpaired) electrons. The molecule has 1 aliphatic heterocycles. The maximum absolute atomic E-state index is 13.3. The fourth-order valence-electron chi connectivity index (χ4n) is 3.39. The van der Waals surface area contributed by atoms with E-state index in [0.717, 1.165) is 5.56 Å². The first kappa shape index (κ1) is 19.3. The van der Waals surface area contributed by atoms with Crippen molar-refractivity contribution in [2.45, 2.75) is 13.0 Å². The van der Waals surface area contributed by atoms with E-state index in [0.29, 0.717) is 33.0 Å². The number of anilines is 1. The van der Waals surface area contributed by atoms with Crippen molar-refractivity contribution >= 4 is 33.1 Å². The highest BCUT2D eigenvalue weighted by atomic mass is 32.1. The molecule has 2 aromatic carbocycles. The lowest BCUT2D eigenvalue weighted by Gasteiger charge is -2.08. The maximum Gasteiger partial charge on any atom is 0.262 e. The molecular weight excluding hydrogens is 421 g/mol. The first-order valence-electron chi connectivity index (χ1n) is 9.50. The second kappa shape index (κ2) is 7.84. The van der Waals surface area contributed by atoms with Gasteiger partial charge >= 0.3 is 0 Å². The Hall–Kier alpha value is -3.72. The first-order chi connectivity index (χ1) is 15.1. The number of ether oxygens (including phenoxy) is 2. The van der Waals surface area contributed by atoms with Crippen molar-refractivity contribution in [1.82, 2.24) is 9.55 Å². The van der Waals surface area contributed by atoms with Crippen LogP contribution in [0.25, 0.3) is 21.3 Å². The Bertz CT molecular complexity index is 1350. The minimum Gasteiger partial charge on any atom is -0.454 e. The fraction of sp³-hybridized carbons (Fsp3) is 0.136. The molecule has 0 saturated carbocycles. The number of nitrogens with zero attached hydrogens (tertiary/aromatic N) is 2. The van der Waals surface area contributed by atoms with Gasteiger partial charge in [0.15, 0.2) is 11.5 Å². The molecule has 2 aromatic heterocycles. The molecule has 0 aliphatic carbocycles. The molecule has 31 heavy (non-hydrogen) atoms. The van der Waals surface area contributed by atoms with Gasteiger partial charge < -0.3 is 14.8 Å². The number of rotatable bonds is 5. The molecule has 1 aliphatic rings. The van der Waals surface area contributed by atoms with Crippen molar-refractivity contribution in [2.24, 2.45) is 0 Å². The minimum absolute atomic E-state index is 0.0948. The largest absolute Gasteiger partial charge is 0.454 e. The zero-order valence-corrected chi connectivity index (χ0v) is 16.9. The minimum atomic E-state index is -0.340. The van der Waals surface area contributed by atoms with E-state index >= 15 is 0 Å². The summed E-state index contributed by atoms with van der Waals surface area (Å²) in [5, 5.41) is 5.10. The van der Waals surface area contributed by atoms with E-state index in [1.54, 1.807) is 30.3 Å². The molecule has 9 heteroatoms. The van der Waals surface area contributed by atoms with Gasteiger partial charge in [-0.3, -0.25) is 14.2 Å². The third kappa shape index (κ3) is 3.75. The molecule has 0 atom stereocenters. The van der Waals surface area contributed by atoms with E-state index in [9.17, 15) is 14.0 Å². The molecule has 5 rings (SSSR count). The fourth-order valence-corrected chi connectivity index (χ4v) is 4.30. The zero-order chi connectivity index (χ0) is 21.4. The van der Waals surface area contributed by atoms with E-state index in [1.165, 1.54) is 34.4 Å². The third-order valence-electron chi connectivity index (χ3n) is 4.95. The standard InChI is InChI=1S/C22H16FN3O4S/c23-14-3-1-13(2-4-14)16-10-31-21-20(16)22(28)26(11-24-21)8-7-19(27)25-15-5-6-17-18(9-15)30-12-29-17/h1-6,9-11H,7-8,12H2,(H,25,27). The van der Waals surface area contributed by atoms with Crippen LogP contribution in [-0.4, -0.2) is 22.3 Å². The lowest BCUT2D eigenvalue weighted by atomic mass is 10.1. The van der Waals surface area contributed by atoms with Crippen LogP contribution < -0.4 is 20.3 Å². The molecule has 7 nitrogen and oxygen atoms in total. The second-order valence-corrected chi connectivity index (χ2v) is 7.80. The summed E-state index contributed by atoms with van der Waals surface area (Å²) in [4.78, 5) is 30.4. The number of carbonyl (C=O) groups excluding carboxylic acids is 1. The molecule has 0 spiro atoms. The van der Waals surface area contributed by atoms with Crippen molar-refractivity contribution in [1.29, 1.82) is 0 Å². The number of hydrogen-bond donors (Lipinski definition) is 1. The predicted octanol–water partition coefficient (Wildman–Crippen LogP) is 4.02. The molecular formula is C22H16FN3O4S. The summed E-state index contributed by atoms with van der Waals surface area (Å²) < 4.78 is 25.2. The van der Waals surface area contributed by atoms with Gasteiger partial charge in [0, 0.05) is 35.7 Å². The predicted molar refractivity (Wildman–Crippen MR) is 115 cm³/mol. The Morgan fingerprint density at radius 3 is 2.81 bits per heavy atom. The zero-order valence-electron chi connectivity index (χ0n) is 16.1. The van der Waals surface area contributed by atoms with Crippen LogP contribution in [0.4, 0.5) is 10.1 Å². The van der Waals surface area contributed by atoms with Gasteiger partial charge in [0.1, 0.15) is 10.6 Å². The number of benzene rings is 2. The quantitative estimate of drug-likeness (QED) is 0.510. The SMILES string of the molecule is O=C(CCn1cnc2scc(-c3ccc(F)cc3)c2c1=O)Nc1ccc2c(c1)OCO2. The van der Waals surface area contributed by atoms with Gasteiger partial charge in [0.2, 0.25) is 12.7 Å². The van der Waals surface area contributed by atoms with Gasteiger partial charge in [-0.15, -0.1) is 11.3 Å². The number of thiophene rings is 1. The summed E-state index contributed by atoms with van der Waals surface area (Å²) in [6.45, 7) is 0.338. The van der Waals surface area contributed by atoms with Gasteiger partial charge in [0.25, 0.3) is 5.56 Å². The van der Waals surface area contributed by atoms with Crippen LogP contribution in [0.1, 0.15) is 6.42 Å². The summed E-state index contributed by atoms with van der Waals surface area (Å²) in [7, 11) is 0. The van der Waals surface area contributed by atoms with Gasteiger partial charge in [0.05, 0.1) is 11.7 Å². The van der Waals surface area contributed by atoms with Crippen molar-refractivity contribution in [3.8, 4) is 22.6 Å². The summed E-state index contributed by atoms with van der Waals surface area (Å²) >= 11 is 1.35. The number of amides is 1. The molecule has 1 N–H and O–H groups in total. The van der Waals surface area contributed by atoms with Crippen LogP contribution in [0, 0.1) is 5.82 Å². The van der Waals surface area contributed by atoms with Gasteiger partial charge in [-0.1, -0.05) is 12.1 Å².